The van der Waals surface area contributed by atoms with Gasteiger partial charge in [-0.15, -0.1) is 0 Å². The molecule has 0 saturated heterocycles. The molecular formula is C18H18K2O6. The number of rotatable bonds is 4. The van der Waals surface area contributed by atoms with Gasteiger partial charge in [0.2, 0.25) is 0 Å². The molecule has 0 aromatic heterocycles. The summed E-state index contributed by atoms with van der Waals surface area (Å²) >= 11 is 0. The smallest absolute Gasteiger partial charge is 0.545 e. The van der Waals surface area contributed by atoms with Crippen LogP contribution in [0.4, 0.5) is 0 Å². The maximum Gasteiger partial charge on any atom is 1.00 e. The number of benzene rings is 2. The summed E-state index contributed by atoms with van der Waals surface area (Å²) in [5.74, 6) is -2.34. The van der Waals surface area contributed by atoms with Crippen LogP contribution in [0.5, 0.6) is 0 Å². The number of carbonyl (C=O) groups excluding carboxylic acids is 2. The third-order valence-electron chi connectivity index (χ3n) is 2.42. The molecule has 0 aliphatic rings. The molecule has 0 heterocycles. The van der Waals surface area contributed by atoms with Crippen LogP contribution in [-0.2, 0) is 9.59 Å². The number of carbonyl (C=O) groups is 2. The van der Waals surface area contributed by atoms with Crippen molar-refractivity contribution in [1.82, 2.24) is 0 Å². The van der Waals surface area contributed by atoms with Gasteiger partial charge < -0.3 is 30.8 Å². The molecule has 0 unspecified atom stereocenters. The molecule has 0 atom stereocenters. The average Bonchev–Trinajstić information content (AvgIpc) is 2.53. The van der Waals surface area contributed by atoms with Crippen LogP contribution in [0.15, 0.2) is 72.8 Å². The van der Waals surface area contributed by atoms with Gasteiger partial charge in [0.05, 0.1) is 11.9 Å². The van der Waals surface area contributed by atoms with Crippen molar-refractivity contribution in [2.24, 2.45) is 0 Å². The van der Waals surface area contributed by atoms with Gasteiger partial charge in [0.15, 0.2) is 0 Å². The van der Waals surface area contributed by atoms with Crippen LogP contribution in [0.25, 0.3) is 12.2 Å². The quantitative estimate of drug-likeness (QED) is 0.366. The number of carboxylic acids is 2. The summed E-state index contributed by atoms with van der Waals surface area (Å²) in [5.41, 5.74) is 1.72. The van der Waals surface area contributed by atoms with Gasteiger partial charge >= 0.3 is 103 Å². The first-order chi connectivity index (χ1) is 10.6. The van der Waals surface area contributed by atoms with E-state index in [0.29, 0.717) is 0 Å². The van der Waals surface area contributed by atoms with E-state index in [1.54, 1.807) is 0 Å². The molecule has 0 fully saturated rings. The summed E-state index contributed by atoms with van der Waals surface area (Å²) in [6.07, 6.45) is 5.01. The monoisotopic (exact) mass is 408 g/mol. The van der Waals surface area contributed by atoms with Crippen LogP contribution >= 0.6 is 0 Å². The molecule has 0 bridgehead atoms. The average molecular weight is 409 g/mol. The van der Waals surface area contributed by atoms with E-state index < -0.39 is 11.9 Å². The molecule has 6 nitrogen and oxygen atoms in total. The fourth-order valence-electron chi connectivity index (χ4n) is 1.46. The van der Waals surface area contributed by atoms with Crippen LogP contribution in [0.2, 0.25) is 0 Å². The Morgan fingerprint density at radius 2 is 0.885 bits per heavy atom. The van der Waals surface area contributed by atoms with Crippen molar-refractivity contribution in [3.05, 3.63) is 83.9 Å². The number of hydrogen-bond acceptors (Lipinski definition) is 4. The van der Waals surface area contributed by atoms with E-state index in [9.17, 15) is 19.8 Å². The van der Waals surface area contributed by atoms with Gasteiger partial charge in [-0.3, -0.25) is 0 Å². The van der Waals surface area contributed by atoms with Crippen LogP contribution in [-0.4, -0.2) is 22.9 Å². The largest absolute Gasteiger partial charge is 1.00 e. The van der Waals surface area contributed by atoms with E-state index in [0.717, 1.165) is 23.3 Å². The molecule has 8 heteroatoms. The first-order valence-electron chi connectivity index (χ1n) is 6.46. The van der Waals surface area contributed by atoms with Crippen molar-refractivity contribution in [1.29, 1.82) is 0 Å². The fraction of sp³-hybridized carbons (Fsp3) is 0. The third kappa shape index (κ3) is 18.8. The maximum absolute atomic E-state index is 9.97. The molecule has 0 spiro atoms. The minimum Gasteiger partial charge on any atom is -0.545 e. The summed E-state index contributed by atoms with van der Waals surface area (Å²) in [6.45, 7) is 0. The standard InChI is InChI=1S/2C9H8O2.2K.2H2O/c2*10-9(11)7-6-8-4-2-1-3-5-8;;;;/h2*1-7H,(H,10,11);;;2*1H2/q;;2*+1;;/p-2. The molecule has 0 aliphatic carbocycles. The molecule has 4 N–H and O–H groups in total. The van der Waals surface area contributed by atoms with E-state index in [1.807, 2.05) is 60.7 Å². The summed E-state index contributed by atoms with van der Waals surface area (Å²) in [6, 6.07) is 18.4. The second-order valence-electron chi connectivity index (χ2n) is 4.13. The zero-order chi connectivity index (χ0) is 16.2. The second kappa shape index (κ2) is 21.4. The summed E-state index contributed by atoms with van der Waals surface area (Å²) in [5, 5.41) is 19.9. The third-order valence-corrected chi connectivity index (χ3v) is 2.42. The van der Waals surface area contributed by atoms with Crippen LogP contribution in [0.1, 0.15) is 11.1 Å². The molecule has 2 aromatic rings. The SMILES string of the molecule is O.O.O=C([O-])C=Cc1ccccc1.O=C([O-])C=Cc1ccccc1.[K+].[K+]. The Balaban J connectivity index is -0.000000161. The Bertz CT molecular complexity index is 598. The molecule has 26 heavy (non-hydrogen) atoms. The van der Waals surface area contributed by atoms with Crippen molar-refractivity contribution < 1.29 is 134 Å². The Morgan fingerprint density at radius 1 is 0.615 bits per heavy atom. The van der Waals surface area contributed by atoms with E-state index in [4.69, 9.17) is 0 Å². The summed E-state index contributed by atoms with van der Waals surface area (Å²) in [4.78, 5) is 19.9. The van der Waals surface area contributed by atoms with Gasteiger partial charge in [-0.25, -0.2) is 0 Å². The molecule has 0 radical (unpaired) electrons. The first-order valence-corrected chi connectivity index (χ1v) is 6.46. The molecule has 0 saturated carbocycles. The minimum atomic E-state index is -1.17. The normalized spacial score (nSPS) is 8.62. The molecule has 0 aliphatic heterocycles. The first kappa shape index (κ1) is 33.6. The second-order valence-corrected chi connectivity index (χ2v) is 4.13. The zero-order valence-corrected chi connectivity index (χ0v) is 21.0. The van der Waals surface area contributed by atoms with Gasteiger partial charge in [-0.05, 0) is 23.3 Å². The van der Waals surface area contributed by atoms with E-state index >= 15 is 0 Å². The summed E-state index contributed by atoms with van der Waals surface area (Å²) < 4.78 is 0. The Hall–Kier alpha value is 0.0527. The van der Waals surface area contributed by atoms with E-state index in [2.05, 4.69) is 0 Å². The van der Waals surface area contributed by atoms with E-state index in [-0.39, 0.29) is 114 Å². The molecule has 2 rings (SSSR count). The molecule has 128 valence electrons. The predicted molar refractivity (Wildman–Crippen MR) is 88.2 cm³/mol. The van der Waals surface area contributed by atoms with Gasteiger partial charge in [-0.2, -0.15) is 0 Å². The number of carboxylic acid groups (broad SMARTS) is 2. The minimum absolute atomic E-state index is 0. The summed E-state index contributed by atoms with van der Waals surface area (Å²) in [7, 11) is 0. The molecular weight excluding hydrogens is 390 g/mol. The molecule has 2 aromatic carbocycles. The number of aliphatic carboxylic acids is 2. The van der Waals surface area contributed by atoms with Gasteiger partial charge in [0.25, 0.3) is 0 Å². The van der Waals surface area contributed by atoms with Crippen LogP contribution < -0.4 is 113 Å². The fourth-order valence-corrected chi connectivity index (χ4v) is 1.46. The topological polar surface area (TPSA) is 143 Å². The van der Waals surface area contributed by atoms with Gasteiger partial charge in [0.1, 0.15) is 0 Å². The Labute approximate surface area is 237 Å². The van der Waals surface area contributed by atoms with Crippen molar-refractivity contribution in [2.45, 2.75) is 0 Å². The Kier molecular flexibility index (Phi) is 27.6. The van der Waals surface area contributed by atoms with Crippen molar-refractivity contribution >= 4 is 24.1 Å². The van der Waals surface area contributed by atoms with Gasteiger partial charge in [0, 0.05) is 0 Å². The van der Waals surface area contributed by atoms with Crippen molar-refractivity contribution in [2.75, 3.05) is 0 Å². The van der Waals surface area contributed by atoms with Gasteiger partial charge in [-0.1, -0.05) is 72.8 Å². The predicted octanol–water partition coefficient (Wildman–Crippen LogP) is -6.74. The van der Waals surface area contributed by atoms with E-state index in [1.165, 1.54) is 12.2 Å². The zero-order valence-electron chi connectivity index (χ0n) is 14.7. The van der Waals surface area contributed by atoms with Crippen molar-refractivity contribution in [3.63, 3.8) is 0 Å². The van der Waals surface area contributed by atoms with Crippen LogP contribution in [0, 0.1) is 0 Å². The molecule has 0 amide bonds. The van der Waals surface area contributed by atoms with Crippen LogP contribution in [0.3, 0.4) is 0 Å². The van der Waals surface area contributed by atoms with Crippen molar-refractivity contribution in [3.8, 4) is 0 Å². The Morgan fingerprint density at radius 3 is 1.12 bits per heavy atom. The number of hydrogen-bond donors (Lipinski definition) is 0. The maximum atomic E-state index is 9.97.